The first-order valence-electron chi connectivity index (χ1n) is 6.40. The molecule has 0 atom stereocenters. The molecule has 0 aliphatic carbocycles. The molecule has 1 heterocycles. The van der Waals surface area contributed by atoms with Gasteiger partial charge in [-0.15, -0.1) is 0 Å². The fraction of sp³-hybridized carbons (Fsp3) is 0.923. The third kappa shape index (κ3) is 2.40. The lowest BCUT2D eigenvalue weighted by Crippen LogP contribution is -2.44. The van der Waals surface area contributed by atoms with Gasteiger partial charge in [0.1, 0.15) is 0 Å². The fourth-order valence-electron chi connectivity index (χ4n) is 2.45. The number of nitrogens with two attached hydrogens (primary N) is 1. The summed E-state index contributed by atoms with van der Waals surface area (Å²) in [5.41, 5.74) is 5.62. The zero-order valence-corrected chi connectivity index (χ0v) is 11.2. The van der Waals surface area contributed by atoms with Crippen LogP contribution in [0.15, 0.2) is 0 Å². The average Bonchev–Trinajstić information content (AvgIpc) is 2.73. The fourth-order valence-corrected chi connectivity index (χ4v) is 2.45. The lowest BCUT2D eigenvalue weighted by molar-refractivity contribution is -0.139. The molecule has 0 unspecified atom stereocenters. The summed E-state index contributed by atoms with van der Waals surface area (Å²) >= 11 is 0. The Morgan fingerprint density at radius 3 is 2.31 bits per heavy atom. The van der Waals surface area contributed by atoms with Crippen molar-refractivity contribution in [3.8, 4) is 0 Å². The highest BCUT2D eigenvalue weighted by molar-refractivity contribution is 5.82. The van der Waals surface area contributed by atoms with E-state index in [2.05, 4.69) is 13.8 Å². The maximum Gasteiger partial charge on any atom is 0.229 e. The van der Waals surface area contributed by atoms with E-state index in [4.69, 9.17) is 5.73 Å². The minimum absolute atomic E-state index is 0.221. The molecule has 0 spiro atoms. The van der Waals surface area contributed by atoms with Crippen LogP contribution in [0.3, 0.4) is 0 Å². The molecule has 2 N–H and O–H groups in total. The van der Waals surface area contributed by atoms with Crippen LogP contribution in [-0.2, 0) is 4.79 Å². The molecular weight excluding hydrogens is 200 g/mol. The van der Waals surface area contributed by atoms with E-state index in [1.807, 2.05) is 18.7 Å². The summed E-state index contributed by atoms with van der Waals surface area (Å²) in [4.78, 5) is 14.3. The molecule has 0 aromatic rings. The number of amides is 1. The Kier molecular flexibility index (Phi) is 4.00. The van der Waals surface area contributed by atoms with Gasteiger partial charge in [-0.1, -0.05) is 13.8 Å². The number of carbonyl (C=O) groups excluding carboxylic acids is 1. The summed E-state index contributed by atoms with van der Waals surface area (Å²) in [5.74, 6) is 0.221. The van der Waals surface area contributed by atoms with Crippen LogP contribution in [0, 0.1) is 10.8 Å². The van der Waals surface area contributed by atoms with E-state index in [9.17, 15) is 4.79 Å². The van der Waals surface area contributed by atoms with Crippen molar-refractivity contribution in [1.29, 1.82) is 0 Å². The molecule has 1 saturated heterocycles. The van der Waals surface area contributed by atoms with E-state index < -0.39 is 5.41 Å². The first-order chi connectivity index (χ1) is 7.40. The molecule has 0 aromatic carbocycles. The van der Waals surface area contributed by atoms with Gasteiger partial charge in [-0.3, -0.25) is 4.79 Å². The maximum atomic E-state index is 12.3. The van der Waals surface area contributed by atoms with Crippen molar-refractivity contribution in [2.45, 2.75) is 47.0 Å². The van der Waals surface area contributed by atoms with Crippen LogP contribution in [-0.4, -0.2) is 30.4 Å². The second-order valence-corrected chi connectivity index (χ2v) is 5.77. The summed E-state index contributed by atoms with van der Waals surface area (Å²) in [5, 5.41) is 0. The Bertz CT molecular complexity index is 257. The van der Waals surface area contributed by atoms with Crippen LogP contribution in [0.1, 0.15) is 47.0 Å². The number of rotatable bonds is 4. The highest BCUT2D eigenvalue weighted by Gasteiger charge is 2.40. The van der Waals surface area contributed by atoms with Crippen LogP contribution in [0.4, 0.5) is 0 Å². The van der Waals surface area contributed by atoms with Gasteiger partial charge in [-0.2, -0.15) is 0 Å². The molecule has 0 aromatic heterocycles. The van der Waals surface area contributed by atoms with E-state index in [0.29, 0.717) is 12.0 Å². The molecule has 0 saturated carbocycles. The maximum absolute atomic E-state index is 12.3. The molecule has 1 aliphatic heterocycles. The molecular formula is C13H26N2O. The van der Waals surface area contributed by atoms with Crippen LogP contribution in [0.5, 0.6) is 0 Å². The number of carbonyl (C=O) groups is 1. The second-order valence-electron chi connectivity index (χ2n) is 5.77. The quantitative estimate of drug-likeness (QED) is 0.797. The molecule has 1 rings (SSSR count). The molecule has 0 bridgehead atoms. The van der Waals surface area contributed by atoms with Crippen molar-refractivity contribution in [1.82, 2.24) is 4.90 Å². The largest absolute Gasteiger partial charge is 0.342 e. The first kappa shape index (κ1) is 13.5. The normalized spacial score (nSPS) is 20.2. The molecule has 1 fully saturated rings. The van der Waals surface area contributed by atoms with Crippen LogP contribution in [0.25, 0.3) is 0 Å². The van der Waals surface area contributed by atoms with Crippen LogP contribution >= 0.6 is 0 Å². The monoisotopic (exact) mass is 226 g/mol. The van der Waals surface area contributed by atoms with Gasteiger partial charge in [0.2, 0.25) is 5.91 Å². The summed E-state index contributed by atoms with van der Waals surface area (Å²) in [6.07, 6.45) is 3.47. The van der Waals surface area contributed by atoms with Gasteiger partial charge in [0.05, 0.1) is 5.41 Å². The summed E-state index contributed by atoms with van der Waals surface area (Å²) in [6.45, 7) is 10.6. The zero-order chi connectivity index (χ0) is 12.4. The topological polar surface area (TPSA) is 46.3 Å². The third-order valence-corrected chi connectivity index (χ3v) is 4.31. The lowest BCUT2D eigenvalue weighted by Gasteiger charge is -2.30. The predicted octanol–water partition coefficient (Wildman–Crippen LogP) is 2.01. The highest BCUT2D eigenvalue weighted by atomic mass is 16.2. The minimum Gasteiger partial charge on any atom is -0.342 e. The van der Waals surface area contributed by atoms with E-state index in [-0.39, 0.29) is 5.91 Å². The van der Waals surface area contributed by atoms with Gasteiger partial charge >= 0.3 is 0 Å². The molecule has 1 aliphatic rings. The highest BCUT2D eigenvalue weighted by Crippen LogP contribution is 2.38. The molecule has 94 valence electrons. The van der Waals surface area contributed by atoms with E-state index in [1.54, 1.807) is 0 Å². The van der Waals surface area contributed by atoms with Crippen molar-refractivity contribution in [3.05, 3.63) is 0 Å². The zero-order valence-electron chi connectivity index (χ0n) is 11.2. The van der Waals surface area contributed by atoms with Gasteiger partial charge in [0, 0.05) is 19.6 Å². The Morgan fingerprint density at radius 2 is 1.94 bits per heavy atom. The van der Waals surface area contributed by atoms with Gasteiger partial charge in [-0.25, -0.2) is 0 Å². The molecule has 3 nitrogen and oxygen atoms in total. The SMILES string of the molecule is CCC1(CC)CCN(C(=O)C(C)(C)CN)C1. The summed E-state index contributed by atoms with van der Waals surface area (Å²) in [7, 11) is 0. The number of likely N-dealkylation sites (tertiary alicyclic amines) is 1. The summed E-state index contributed by atoms with van der Waals surface area (Å²) in [6, 6.07) is 0. The van der Waals surface area contributed by atoms with Gasteiger partial charge in [-0.05, 0) is 38.5 Å². The minimum atomic E-state index is -0.405. The van der Waals surface area contributed by atoms with E-state index >= 15 is 0 Å². The second kappa shape index (κ2) is 4.74. The average molecular weight is 226 g/mol. The van der Waals surface area contributed by atoms with Crippen LogP contribution in [0.2, 0.25) is 0 Å². The Morgan fingerprint density at radius 1 is 1.38 bits per heavy atom. The van der Waals surface area contributed by atoms with Crippen molar-refractivity contribution in [2.75, 3.05) is 19.6 Å². The Hall–Kier alpha value is -0.570. The van der Waals surface area contributed by atoms with Crippen LogP contribution < -0.4 is 5.73 Å². The van der Waals surface area contributed by atoms with Gasteiger partial charge < -0.3 is 10.6 Å². The number of hydrogen-bond acceptors (Lipinski definition) is 2. The Labute approximate surface area is 99.4 Å². The molecule has 16 heavy (non-hydrogen) atoms. The van der Waals surface area contributed by atoms with Crippen molar-refractivity contribution in [3.63, 3.8) is 0 Å². The Balaban J connectivity index is 2.70. The summed E-state index contributed by atoms with van der Waals surface area (Å²) < 4.78 is 0. The first-order valence-corrected chi connectivity index (χ1v) is 6.40. The van der Waals surface area contributed by atoms with Gasteiger partial charge in [0.15, 0.2) is 0 Å². The lowest BCUT2D eigenvalue weighted by atomic mass is 9.82. The molecule has 1 amide bonds. The van der Waals surface area contributed by atoms with E-state index in [0.717, 1.165) is 32.4 Å². The van der Waals surface area contributed by atoms with Crippen molar-refractivity contribution >= 4 is 5.91 Å². The van der Waals surface area contributed by atoms with Crippen molar-refractivity contribution < 1.29 is 4.79 Å². The molecule has 3 heteroatoms. The third-order valence-electron chi connectivity index (χ3n) is 4.31. The number of hydrogen-bond donors (Lipinski definition) is 1. The molecule has 0 radical (unpaired) electrons. The van der Waals surface area contributed by atoms with E-state index in [1.165, 1.54) is 0 Å². The number of nitrogens with zero attached hydrogens (tertiary/aromatic N) is 1. The van der Waals surface area contributed by atoms with Gasteiger partial charge in [0.25, 0.3) is 0 Å². The van der Waals surface area contributed by atoms with Crippen molar-refractivity contribution in [2.24, 2.45) is 16.6 Å². The standard InChI is InChI=1S/C13H26N2O/c1-5-13(6-2)7-8-15(10-13)11(16)12(3,4)9-14/h5-10,14H2,1-4H3. The predicted molar refractivity (Wildman–Crippen MR) is 67.0 cm³/mol. The smallest absolute Gasteiger partial charge is 0.229 e.